The third kappa shape index (κ3) is 6.42. The van der Waals surface area contributed by atoms with Crippen LogP contribution in [0.2, 0.25) is 0 Å². The van der Waals surface area contributed by atoms with Crippen LogP contribution in [-0.2, 0) is 26.1 Å². The van der Waals surface area contributed by atoms with E-state index in [9.17, 15) is 18.0 Å². The number of hydrogen-bond donors (Lipinski definition) is 2. The molecule has 0 atom stereocenters. The van der Waals surface area contributed by atoms with Gasteiger partial charge in [0.05, 0.1) is 17.0 Å². The first kappa shape index (κ1) is 21.5. The van der Waals surface area contributed by atoms with E-state index in [1.807, 2.05) is 17.5 Å². The van der Waals surface area contributed by atoms with E-state index in [0.29, 0.717) is 11.0 Å². The Labute approximate surface area is 170 Å². The van der Waals surface area contributed by atoms with Gasteiger partial charge in [-0.2, -0.15) is 0 Å². The largest absolute Gasteiger partial charge is 0.452 e. The third-order valence-corrected chi connectivity index (χ3v) is 6.46. The smallest absolute Gasteiger partial charge is 0.339 e. The van der Waals surface area contributed by atoms with Crippen LogP contribution in [-0.4, -0.2) is 32.9 Å². The molecule has 2 N–H and O–H groups in total. The number of halogens is 1. The van der Waals surface area contributed by atoms with E-state index in [0.717, 1.165) is 4.88 Å². The Morgan fingerprint density at radius 1 is 1.26 bits per heavy atom. The summed E-state index contributed by atoms with van der Waals surface area (Å²) in [6.45, 7) is 3.28. The van der Waals surface area contributed by atoms with Crippen LogP contribution < -0.4 is 10.0 Å². The van der Waals surface area contributed by atoms with Crippen molar-refractivity contribution in [2.45, 2.75) is 31.3 Å². The Kier molecular flexibility index (Phi) is 7.54. The van der Waals surface area contributed by atoms with Gasteiger partial charge in [0.2, 0.25) is 10.0 Å². The normalized spacial score (nSPS) is 11.4. The molecule has 0 fully saturated rings. The van der Waals surface area contributed by atoms with Crippen molar-refractivity contribution in [2.24, 2.45) is 0 Å². The highest BCUT2D eigenvalue weighted by atomic mass is 79.9. The molecule has 1 amide bonds. The number of sulfonamides is 1. The summed E-state index contributed by atoms with van der Waals surface area (Å²) in [5.41, 5.74) is 0.0210. The van der Waals surface area contributed by atoms with Crippen molar-refractivity contribution in [3.05, 3.63) is 50.6 Å². The quantitative estimate of drug-likeness (QED) is 0.572. The molecular weight excluding hydrogens is 456 g/mol. The number of hydrogen-bond acceptors (Lipinski definition) is 6. The van der Waals surface area contributed by atoms with Gasteiger partial charge in [0.25, 0.3) is 5.91 Å². The molecule has 1 aromatic heterocycles. The van der Waals surface area contributed by atoms with Crippen molar-refractivity contribution in [3.8, 4) is 0 Å². The van der Waals surface area contributed by atoms with Crippen LogP contribution in [0.1, 0.15) is 29.1 Å². The standard InChI is InChI=1S/C17H19BrN2O5S2/c1-11(2)20-27(23,24)13-5-6-15(18)14(8-13)17(22)25-10-16(21)19-9-12-4-3-7-26-12/h3-8,11,20H,9-10H2,1-2H3,(H,19,21). The van der Waals surface area contributed by atoms with Crippen LogP contribution in [0, 0.1) is 0 Å². The molecule has 2 rings (SSSR count). The minimum atomic E-state index is -3.75. The van der Waals surface area contributed by atoms with E-state index in [-0.39, 0.29) is 16.5 Å². The molecule has 0 aliphatic rings. The van der Waals surface area contributed by atoms with E-state index in [2.05, 4.69) is 26.0 Å². The van der Waals surface area contributed by atoms with Gasteiger partial charge in [-0.3, -0.25) is 4.79 Å². The minimum Gasteiger partial charge on any atom is -0.452 e. The number of amides is 1. The first-order chi connectivity index (χ1) is 12.7. The van der Waals surface area contributed by atoms with Crippen LogP contribution in [0.15, 0.2) is 45.1 Å². The molecule has 1 heterocycles. The Bertz CT molecular complexity index is 911. The van der Waals surface area contributed by atoms with Crippen LogP contribution in [0.4, 0.5) is 0 Å². The molecule has 0 aliphatic heterocycles. The summed E-state index contributed by atoms with van der Waals surface area (Å²) in [7, 11) is -3.75. The first-order valence-electron chi connectivity index (χ1n) is 7.97. The predicted molar refractivity (Wildman–Crippen MR) is 106 cm³/mol. The van der Waals surface area contributed by atoms with E-state index in [1.165, 1.54) is 29.5 Å². The summed E-state index contributed by atoms with van der Waals surface area (Å²) >= 11 is 4.70. The Morgan fingerprint density at radius 2 is 2.00 bits per heavy atom. The van der Waals surface area contributed by atoms with E-state index < -0.39 is 28.5 Å². The number of ether oxygens (including phenoxy) is 1. The first-order valence-corrected chi connectivity index (χ1v) is 11.1. The summed E-state index contributed by atoms with van der Waals surface area (Å²) in [4.78, 5) is 25.0. The minimum absolute atomic E-state index is 0.0210. The lowest BCUT2D eigenvalue weighted by atomic mass is 10.2. The SMILES string of the molecule is CC(C)NS(=O)(=O)c1ccc(Br)c(C(=O)OCC(=O)NCc2cccs2)c1. The summed E-state index contributed by atoms with van der Waals surface area (Å²) in [5.74, 6) is -1.24. The van der Waals surface area contributed by atoms with Gasteiger partial charge in [-0.25, -0.2) is 17.9 Å². The molecule has 0 radical (unpaired) electrons. The fourth-order valence-electron chi connectivity index (χ4n) is 2.07. The lowest BCUT2D eigenvalue weighted by molar-refractivity contribution is -0.124. The van der Waals surface area contributed by atoms with Crippen molar-refractivity contribution in [1.82, 2.24) is 10.0 Å². The molecule has 7 nitrogen and oxygen atoms in total. The maximum Gasteiger partial charge on any atom is 0.339 e. The van der Waals surface area contributed by atoms with Gasteiger partial charge in [0, 0.05) is 15.4 Å². The van der Waals surface area contributed by atoms with Gasteiger partial charge in [-0.05, 0) is 59.4 Å². The van der Waals surface area contributed by atoms with Crippen molar-refractivity contribution in [1.29, 1.82) is 0 Å². The van der Waals surface area contributed by atoms with Crippen LogP contribution in [0.25, 0.3) is 0 Å². The number of carbonyl (C=O) groups is 2. The second-order valence-corrected chi connectivity index (χ2v) is 9.45. The molecule has 0 aliphatic carbocycles. The summed E-state index contributed by atoms with van der Waals surface area (Å²) in [6.07, 6.45) is 0. The number of esters is 1. The number of thiophene rings is 1. The van der Waals surface area contributed by atoms with E-state index >= 15 is 0 Å². The Hall–Kier alpha value is -1.75. The maximum absolute atomic E-state index is 12.3. The molecule has 10 heteroatoms. The second-order valence-electron chi connectivity index (χ2n) is 5.85. The van der Waals surface area contributed by atoms with Gasteiger partial charge in [-0.15, -0.1) is 11.3 Å². The summed E-state index contributed by atoms with van der Waals surface area (Å²) in [6, 6.07) is 7.49. The number of benzene rings is 1. The van der Waals surface area contributed by atoms with Crippen LogP contribution in [0.5, 0.6) is 0 Å². The fraction of sp³-hybridized carbons (Fsp3) is 0.294. The molecule has 146 valence electrons. The van der Waals surface area contributed by atoms with Crippen molar-refractivity contribution >= 4 is 49.2 Å². The molecule has 2 aromatic rings. The highest BCUT2D eigenvalue weighted by Crippen LogP contribution is 2.22. The van der Waals surface area contributed by atoms with Gasteiger partial charge < -0.3 is 10.1 Å². The third-order valence-electron chi connectivity index (χ3n) is 3.23. The summed E-state index contributed by atoms with van der Waals surface area (Å²) < 4.78 is 32.3. The molecule has 0 unspecified atom stereocenters. The molecule has 0 spiro atoms. The zero-order valence-electron chi connectivity index (χ0n) is 14.7. The maximum atomic E-state index is 12.3. The van der Waals surface area contributed by atoms with E-state index in [4.69, 9.17) is 4.74 Å². The average Bonchev–Trinajstić information content (AvgIpc) is 3.10. The number of nitrogens with one attached hydrogen (secondary N) is 2. The topological polar surface area (TPSA) is 102 Å². The monoisotopic (exact) mass is 474 g/mol. The highest BCUT2D eigenvalue weighted by Gasteiger charge is 2.20. The predicted octanol–water partition coefficient (Wildman–Crippen LogP) is 2.67. The zero-order chi connectivity index (χ0) is 20.0. The van der Waals surface area contributed by atoms with Gasteiger partial charge >= 0.3 is 5.97 Å². The van der Waals surface area contributed by atoms with Gasteiger partial charge in [0.15, 0.2) is 6.61 Å². The van der Waals surface area contributed by atoms with Crippen molar-refractivity contribution < 1.29 is 22.7 Å². The number of rotatable bonds is 8. The van der Waals surface area contributed by atoms with Crippen LogP contribution >= 0.6 is 27.3 Å². The Morgan fingerprint density at radius 3 is 2.63 bits per heavy atom. The molecule has 0 bridgehead atoms. The average molecular weight is 475 g/mol. The highest BCUT2D eigenvalue weighted by molar-refractivity contribution is 9.10. The molecule has 27 heavy (non-hydrogen) atoms. The van der Waals surface area contributed by atoms with E-state index in [1.54, 1.807) is 13.8 Å². The van der Waals surface area contributed by atoms with Crippen molar-refractivity contribution in [3.63, 3.8) is 0 Å². The van der Waals surface area contributed by atoms with Crippen LogP contribution in [0.3, 0.4) is 0 Å². The zero-order valence-corrected chi connectivity index (χ0v) is 17.9. The molecular formula is C17H19BrN2O5S2. The molecule has 0 saturated heterocycles. The number of carbonyl (C=O) groups excluding carboxylic acids is 2. The lowest BCUT2D eigenvalue weighted by Crippen LogP contribution is -2.30. The molecule has 0 saturated carbocycles. The summed E-state index contributed by atoms with van der Waals surface area (Å²) in [5, 5.41) is 4.54. The molecule has 1 aromatic carbocycles. The lowest BCUT2D eigenvalue weighted by Gasteiger charge is -2.12. The Balaban J connectivity index is 2.01. The van der Waals surface area contributed by atoms with Crippen molar-refractivity contribution in [2.75, 3.05) is 6.61 Å². The van der Waals surface area contributed by atoms with Gasteiger partial charge in [-0.1, -0.05) is 6.07 Å². The second kappa shape index (κ2) is 9.45. The van der Waals surface area contributed by atoms with Gasteiger partial charge in [0.1, 0.15) is 0 Å². The fourth-order valence-corrected chi connectivity index (χ4v) is 4.39.